The van der Waals surface area contributed by atoms with Gasteiger partial charge in [-0.25, -0.2) is 9.97 Å². The van der Waals surface area contributed by atoms with Crippen LogP contribution < -0.4 is 10.2 Å². The highest BCUT2D eigenvalue weighted by atomic mass is 79.9. The van der Waals surface area contributed by atoms with Gasteiger partial charge in [-0.1, -0.05) is 30.3 Å². The van der Waals surface area contributed by atoms with Crippen molar-refractivity contribution in [1.82, 2.24) is 9.97 Å². The Hall–Kier alpha value is -1.62. The summed E-state index contributed by atoms with van der Waals surface area (Å²) in [5.74, 6) is 1.76. The molecule has 20 heavy (non-hydrogen) atoms. The quantitative estimate of drug-likeness (QED) is 0.874. The van der Waals surface area contributed by atoms with Gasteiger partial charge in [-0.15, -0.1) is 0 Å². The first-order valence-electron chi connectivity index (χ1n) is 6.79. The molecule has 0 atom stereocenters. The lowest BCUT2D eigenvalue weighted by Gasteiger charge is -2.23. The average molecular weight is 335 g/mol. The molecule has 2 rings (SSSR count). The van der Waals surface area contributed by atoms with Gasteiger partial charge < -0.3 is 10.2 Å². The summed E-state index contributed by atoms with van der Waals surface area (Å²) in [4.78, 5) is 10.9. The predicted molar refractivity (Wildman–Crippen MR) is 87.1 cm³/mol. The molecule has 1 heterocycles. The number of benzene rings is 1. The van der Waals surface area contributed by atoms with Crippen molar-refractivity contribution in [3.05, 3.63) is 46.7 Å². The third kappa shape index (κ3) is 3.48. The summed E-state index contributed by atoms with van der Waals surface area (Å²) >= 11 is 3.61. The molecule has 1 N–H and O–H groups in total. The minimum atomic E-state index is 0.832. The van der Waals surface area contributed by atoms with Crippen molar-refractivity contribution in [1.29, 1.82) is 0 Å². The number of hydrogen-bond acceptors (Lipinski definition) is 4. The summed E-state index contributed by atoms with van der Waals surface area (Å²) < 4.78 is 0.916. The molecular formula is C15H19BrN4. The van der Waals surface area contributed by atoms with E-state index >= 15 is 0 Å². The third-order valence-electron chi connectivity index (χ3n) is 3.01. The Bertz CT molecular complexity index is 545. The summed E-state index contributed by atoms with van der Waals surface area (Å²) in [6, 6.07) is 10.4. The molecule has 0 saturated heterocycles. The summed E-state index contributed by atoms with van der Waals surface area (Å²) in [6.07, 6.45) is 1.60. The van der Waals surface area contributed by atoms with Gasteiger partial charge in [0.2, 0.25) is 0 Å². The molecule has 0 fully saturated rings. The largest absolute Gasteiger partial charge is 0.369 e. The predicted octanol–water partition coefficient (Wildman–Crippen LogP) is 3.70. The summed E-state index contributed by atoms with van der Waals surface area (Å²) in [6.45, 7) is 6.73. The van der Waals surface area contributed by atoms with Gasteiger partial charge in [-0.2, -0.15) is 0 Å². The maximum Gasteiger partial charge on any atom is 0.148 e. The van der Waals surface area contributed by atoms with Gasteiger partial charge in [0.1, 0.15) is 22.4 Å². The number of halogens is 1. The summed E-state index contributed by atoms with van der Waals surface area (Å²) in [5, 5.41) is 3.23. The second kappa shape index (κ2) is 7.24. The van der Waals surface area contributed by atoms with E-state index in [1.807, 2.05) is 6.07 Å². The van der Waals surface area contributed by atoms with Crippen molar-refractivity contribution in [3.63, 3.8) is 0 Å². The van der Waals surface area contributed by atoms with Crippen LogP contribution in [0.5, 0.6) is 0 Å². The molecule has 0 bridgehead atoms. The van der Waals surface area contributed by atoms with E-state index in [1.165, 1.54) is 5.56 Å². The van der Waals surface area contributed by atoms with Crippen LogP contribution in [0.25, 0.3) is 0 Å². The molecular weight excluding hydrogens is 316 g/mol. The average Bonchev–Trinajstić information content (AvgIpc) is 2.49. The van der Waals surface area contributed by atoms with E-state index in [9.17, 15) is 0 Å². The van der Waals surface area contributed by atoms with E-state index in [1.54, 1.807) is 6.33 Å². The smallest absolute Gasteiger partial charge is 0.148 e. The lowest BCUT2D eigenvalue weighted by atomic mass is 10.2. The Balaban J connectivity index is 2.25. The maximum absolute atomic E-state index is 4.42. The number of hydrogen-bond donors (Lipinski definition) is 1. The number of rotatable bonds is 6. The number of aromatic nitrogens is 2. The van der Waals surface area contributed by atoms with Crippen molar-refractivity contribution in [3.8, 4) is 0 Å². The van der Waals surface area contributed by atoms with E-state index in [2.05, 4.69) is 74.2 Å². The minimum Gasteiger partial charge on any atom is -0.369 e. The molecule has 0 aliphatic heterocycles. The molecule has 0 amide bonds. The van der Waals surface area contributed by atoms with Gasteiger partial charge in [-0.05, 0) is 35.3 Å². The molecule has 4 nitrogen and oxygen atoms in total. The Morgan fingerprint density at radius 1 is 1.15 bits per heavy atom. The fourth-order valence-electron chi connectivity index (χ4n) is 2.01. The molecule has 1 aromatic heterocycles. The highest BCUT2D eigenvalue weighted by Crippen LogP contribution is 2.30. The van der Waals surface area contributed by atoms with Gasteiger partial charge >= 0.3 is 0 Å². The highest BCUT2D eigenvalue weighted by molar-refractivity contribution is 9.10. The molecule has 0 spiro atoms. The molecule has 0 unspecified atom stereocenters. The topological polar surface area (TPSA) is 41.1 Å². The molecule has 5 heteroatoms. The monoisotopic (exact) mass is 334 g/mol. The fourth-order valence-corrected chi connectivity index (χ4v) is 2.61. The molecule has 0 aliphatic rings. The van der Waals surface area contributed by atoms with Gasteiger partial charge in [0.05, 0.1) is 0 Å². The standard InChI is InChI=1S/C15H19BrN4/c1-3-17-14-13(16)15(19-11-18-14)20(4-2)10-12-8-6-5-7-9-12/h5-9,11H,3-4,10H2,1-2H3,(H,17,18,19). The van der Waals surface area contributed by atoms with Crippen LogP contribution in [0.2, 0.25) is 0 Å². The van der Waals surface area contributed by atoms with Crippen molar-refractivity contribution >= 4 is 27.6 Å². The van der Waals surface area contributed by atoms with Crippen LogP contribution in [0.3, 0.4) is 0 Å². The van der Waals surface area contributed by atoms with Crippen molar-refractivity contribution in [2.24, 2.45) is 0 Å². The number of nitrogens with zero attached hydrogens (tertiary/aromatic N) is 3. The molecule has 0 aliphatic carbocycles. The van der Waals surface area contributed by atoms with Crippen LogP contribution in [0.15, 0.2) is 41.1 Å². The van der Waals surface area contributed by atoms with E-state index < -0.39 is 0 Å². The van der Waals surface area contributed by atoms with Crippen LogP contribution >= 0.6 is 15.9 Å². The lowest BCUT2D eigenvalue weighted by Crippen LogP contribution is -2.24. The van der Waals surface area contributed by atoms with Gasteiger partial charge in [0.25, 0.3) is 0 Å². The first-order valence-corrected chi connectivity index (χ1v) is 7.58. The number of nitrogens with one attached hydrogen (secondary N) is 1. The van der Waals surface area contributed by atoms with Crippen LogP contribution in [0.4, 0.5) is 11.6 Å². The molecule has 0 radical (unpaired) electrons. The SMILES string of the molecule is CCNc1ncnc(N(CC)Cc2ccccc2)c1Br. The normalized spacial score (nSPS) is 10.3. The number of anilines is 2. The lowest BCUT2D eigenvalue weighted by molar-refractivity contribution is 0.807. The zero-order valence-corrected chi connectivity index (χ0v) is 13.4. The second-order valence-electron chi connectivity index (χ2n) is 4.39. The van der Waals surface area contributed by atoms with Gasteiger partial charge in [0.15, 0.2) is 0 Å². The highest BCUT2D eigenvalue weighted by Gasteiger charge is 2.14. The van der Waals surface area contributed by atoms with E-state index in [0.717, 1.165) is 35.7 Å². The summed E-state index contributed by atoms with van der Waals surface area (Å²) in [7, 11) is 0. The van der Waals surface area contributed by atoms with E-state index in [0.29, 0.717) is 0 Å². The van der Waals surface area contributed by atoms with Crippen LogP contribution in [-0.4, -0.2) is 23.1 Å². The Morgan fingerprint density at radius 2 is 1.90 bits per heavy atom. The molecule has 106 valence electrons. The minimum absolute atomic E-state index is 0.832. The van der Waals surface area contributed by atoms with Crippen LogP contribution in [0.1, 0.15) is 19.4 Å². The molecule has 2 aromatic rings. The summed E-state index contributed by atoms with van der Waals surface area (Å²) in [5.41, 5.74) is 1.27. The van der Waals surface area contributed by atoms with Gasteiger partial charge in [0, 0.05) is 19.6 Å². The Morgan fingerprint density at radius 3 is 2.55 bits per heavy atom. The Kier molecular flexibility index (Phi) is 5.35. The van der Waals surface area contributed by atoms with Crippen molar-refractivity contribution < 1.29 is 0 Å². The van der Waals surface area contributed by atoms with E-state index in [-0.39, 0.29) is 0 Å². The molecule has 0 saturated carbocycles. The third-order valence-corrected chi connectivity index (χ3v) is 3.74. The maximum atomic E-state index is 4.42. The van der Waals surface area contributed by atoms with Crippen LogP contribution in [0, 0.1) is 0 Å². The fraction of sp³-hybridized carbons (Fsp3) is 0.333. The first-order chi connectivity index (χ1) is 9.76. The molecule has 1 aromatic carbocycles. The van der Waals surface area contributed by atoms with E-state index in [4.69, 9.17) is 0 Å². The zero-order valence-electron chi connectivity index (χ0n) is 11.8. The van der Waals surface area contributed by atoms with Crippen LogP contribution in [-0.2, 0) is 6.54 Å². The Labute approximate surface area is 128 Å². The first kappa shape index (κ1) is 14.8. The van der Waals surface area contributed by atoms with Gasteiger partial charge in [-0.3, -0.25) is 0 Å². The van der Waals surface area contributed by atoms with Crippen molar-refractivity contribution in [2.75, 3.05) is 23.3 Å². The zero-order chi connectivity index (χ0) is 14.4. The van der Waals surface area contributed by atoms with Crippen molar-refractivity contribution in [2.45, 2.75) is 20.4 Å². The second-order valence-corrected chi connectivity index (χ2v) is 5.18.